The van der Waals surface area contributed by atoms with Gasteiger partial charge in [-0.2, -0.15) is 0 Å². The minimum Gasteiger partial charge on any atom is -0.369 e. The molecule has 1 aliphatic rings. The van der Waals surface area contributed by atoms with Crippen LogP contribution in [0.1, 0.15) is 16.8 Å². The maximum Gasteiger partial charge on any atom is 0.257 e. The lowest BCUT2D eigenvalue weighted by Crippen LogP contribution is -2.32. The summed E-state index contributed by atoms with van der Waals surface area (Å²) in [5.41, 5.74) is 5.87. The Morgan fingerprint density at radius 1 is 1.25 bits per heavy atom. The number of hydrogen-bond donors (Lipinski definition) is 2. The van der Waals surface area contributed by atoms with Gasteiger partial charge in [0, 0.05) is 19.3 Å². The molecule has 1 aromatic carbocycles. The molecule has 1 fully saturated rings. The maximum absolute atomic E-state index is 13.8. The molecule has 124 valence electrons. The van der Waals surface area contributed by atoms with Gasteiger partial charge in [0.1, 0.15) is 11.6 Å². The molecule has 0 spiro atoms. The molecule has 1 atom stereocenters. The molecule has 1 saturated heterocycles. The minimum absolute atomic E-state index is 0.238. The monoisotopic (exact) mass is 328 g/mol. The number of nitrogens with one attached hydrogen (secondary N) is 1. The van der Waals surface area contributed by atoms with E-state index in [1.54, 1.807) is 35.2 Å². The summed E-state index contributed by atoms with van der Waals surface area (Å²) in [6.07, 6.45) is 2.08. The molecule has 1 aromatic heterocycles. The standard InChI is InChI=1S/C17H17FN4O2/c18-13-5-1-2-6-14(13)21-16-12(4-3-8-20-16)17(24)22-9-7-11(10-22)15(19)23/h1-6,8,11H,7,9-10H2,(H2,19,23)(H,20,21). The van der Waals surface area contributed by atoms with Gasteiger partial charge < -0.3 is 16.0 Å². The van der Waals surface area contributed by atoms with E-state index in [9.17, 15) is 14.0 Å². The smallest absolute Gasteiger partial charge is 0.257 e. The highest BCUT2D eigenvalue weighted by Crippen LogP contribution is 2.24. The number of carbonyl (C=O) groups is 2. The predicted octanol–water partition coefficient (Wildman–Crippen LogP) is 1.91. The molecule has 1 unspecified atom stereocenters. The molecule has 0 aliphatic carbocycles. The van der Waals surface area contributed by atoms with Crippen molar-refractivity contribution in [2.45, 2.75) is 6.42 Å². The quantitative estimate of drug-likeness (QED) is 0.897. The number of aromatic nitrogens is 1. The van der Waals surface area contributed by atoms with Crippen LogP contribution in [-0.4, -0.2) is 34.8 Å². The molecule has 1 aliphatic heterocycles. The van der Waals surface area contributed by atoms with E-state index in [-0.39, 0.29) is 23.3 Å². The lowest BCUT2D eigenvalue weighted by atomic mass is 10.1. The van der Waals surface area contributed by atoms with Gasteiger partial charge in [0.15, 0.2) is 0 Å². The number of amides is 2. The number of halogens is 1. The summed E-state index contributed by atoms with van der Waals surface area (Å²) < 4.78 is 13.8. The molecule has 2 heterocycles. The van der Waals surface area contributed by atoms with E-state index >= 15 is 0 Å². The van der Waals surface area contributed by atoms with Crippen LogP contribution in [0.15, 0.2) is 42.6 Å². The van der Waals surface area contributed by atoms with Crippen LogP contribution in [0, 0.1) is 11.7 Å². The highest BCUT2D eigenvalue weighted by atomic mass is 19.1. The Kier molecular flexibility index (Phi) is 4.41. The number of benzene rings is 1. The minimum atomic E-state index is -0.434. The number of primary amides is 1. The zero-order valence-electron chi connectivity index (χ0n) is 12.9. The van der Waals surface area contributed by atoms with Gasteiger partial charge in [-0.25, -0.2) is 9.37 Å². The summed E-state index contributed by atoms with van der Waals surface area (Å²) in [5, 5.41) is 2.85. The highest BCUT2D eigenvalue weighted by molar-refractivity contribution is 5.99. The van der Waals surface area contributed by atoms with Gasteiger partial charge in [0.25, 0.3) is 5.91 Å². The van der Waals surface area contributed by atoms with Crippen LogP contribution in [0.3, 0.4) is 0 Å². The van der Waals surface area contributed by atoms with Gasteiger partial charge in [-0.05, 0) is 30.7 Å². The second kappa shape index (κ2) is 6.66. The number of nitrogens with zero attached hydrogens (tertiary/aromatic N) is 2. The van der Waals surface area contributed by atoms with E-state index in [0.29, 0.717) is 25.1 Å². The third kappa shape index (κ3) is 3.19. The molecule has 2 amide bonds. The third-order valence-electron chi connectivity index (χ3n) is 4.04. The van der Waals surface area contributed by atoms with Crippen LogP contribution in [-0.2, 0) is 4.79 Å². The van der Waals surface area contributed by atoms with Crippen molar-refractivity contribution >= 4 is 23.3 Å². The van der Waals surface area contributed by atoms with E-state index < -0.39 is 11.7 Å². The van der Waals surface area contributed by atoms with Crippen LogP contribution < -0.4 is 11.1 Å². The average Bonchev–Trinajstić information content (AvgIpc) is 3.07. The third-order valence-corrected chi connectivity index (χ3v) is 4.04. The molecule has 6 nitrogen and oxygen atoms in total. The van der Waals surface area contributed by atoms with Gasteiger partial charge in [-0.1, -0.05) is 12.1 Å². The second-order valence-corrected chi connectivity index (χ2v) is 5.64. The van der Waals surface area contributed by atoms with Gasteiger partial charge in [-0.3, -0.25) is 9.59 Å². The Morgan fingerprint density at radius 3 is 2.75 bits per heavy atom. The summed E-state index contributed by atoms with van der Waals surface area (Å²) >= 11 is 0. The summed E-state index contributed by atoms with van der Waals surface area (Å²) in [5.74, 6) is -1.15. The lowest BCUT2D eigenvalue weighted by Gasteiger charge is -2.18. The van der Waals surface area contributed by atoms with Crippen molar-refractivity contribution in [2.24, 2.45) is 11.7 Å². The van der Waals surface area contributed by atoms with Gasteiger partial charge in [-0.15, -0.1) is 0 Å². The molecule has 3 N–H and O–H groups in total. The molecule has 24 heavy (non-hydrogen) atoms. The number of para-hydroxylation sites is 1. The topological polar surface area (TPSA) is 88.3 Å². The van der Waals surface area contributed by atoms with Crippen LogP contribution >= 0.6 is 0 Å². The Hall–Kier alpha value is -2.96. The SMILES string of the molecule is NC(=O)C1CCN(C(=O)c2cccnc2Nc2ccccc2F)C1. The number of likely N-dealkylation sites (tertiary alicyclic amines) is 1. The van der Waals surface area contributed by atoms with Crippen LogP contribution in [0.4, 0.5) is 15.9 Å². The van der Waals surface area contributed by atoms with Crippen molar-refractivity contribution in [1.29, 1.82) is 0 Å². The summed E-state index contributed by atoms with van der Waals surface area (Å²) in [6.45, 7) is 0.753. The zero-order chi connectivity index (χ0) is 17.1. The molecular weight excluding hydrogens is 311 g/mol. The Bertz CT molecular complexity index is 781. The first-order valence-corrected chi connectivity index (χ1v) is 7.61. The normalized spacial score (nSPS) is 16.9. The lowest BCUT2D eigenvalue weighted by molar-refractivity contribution is -0.121. The Labute approximate surface area is 138 Å². The fraction of sp³-hybridized carbons (Fsp3) is 0.235. The molecule has 0 bridgehead atoms. The van der Waals surface area contributed by atoms with Crippen molar-refractivity contribution in [3.05, 3.63) is 54.0 Å². The fourth-order valence-electron chi connectivity index (χ4n) is 2.71. The van der Waals surface area contributed by atoms with Crippen molar-refractivity contribution < 1.29 is 14.0 Å². The van der Waals surface area contributed by atoms with Crippen molar-refractivity contribution in [1.82, 2.24) is 9.88 Å². The number of hydrogen-bond acceptors (Lipinski definition) is 4. The predicted molar refractivity (Wildman–Crippen MR) is 87.1 cm³/mol. The maximum atomic E-state index is 13.8. The van der Waals surface area contributed by atoms with Gasteiger partial charge in [0.2, 0.25) is 5.91 Å². The summed E-state index contributed by atoms with van der Waals surface area (Å²) in [6, 6.07) is 9.42. The van der Waals surface area contributed by atoms with Crippen molar-refractivity contribution in [3.8, 4) is 0 Å². The van der Waals surface area contributed by atoms with Crippen LogP contribution in [0.5, 0.6) is 0 Å². The van der Waals surface area contributed by atoms with Crippen molar-refractivity contribution in [3.63, 3.8) is 0 Å². The highest BCUT2D eigenvalue weighted by Gasteiger charge is 2.31. The Balaban J connectivity index is 1.83. The van der Waals surface area contributed by atoms with E-state index in [4.69, 9.17) is 5.73 Å². The van der Waals surface area contributed by atoms with E-state index in [0.717, 1.165) is 0 Å². The second-order valence-electron chi connectivity index (χ2n) is 5.64. The summed E-state index contributed by atoms with van der Waals surface area (Å²) in [4.78, 5) is 29.7. The van der Waals surface area contributed by atoms with Crippen LogP contribution in [0.25, 0.3) is 0 Å². The van der Waals surface area contributed by atoms with E-state index in [1.165, 1.54) is 12.3 Å². The number of nitrogens with two attached hydrogens (primary N) is 1. The molecule has 3 rings (SSSR count). The first kappa shape index (κ1) is 15.9. The number of carbonyl (C=O) groups excluding carboxylic acids is 2. The number of anilines is 2. The average molecular weight is 328 g/mol. The largest absolute Gasteiger partial charge is 0.369 e. The Morgan fingerprint density at radius 2 is 2.04 bits per heavy atom. The van der Waals surface area contributed by atoms with Gasteiger partial charge in [0.05, 0.1) is 17.2 Å². The van der Waals surface area contributed by atoms with E-state index in [2.05, 4.69) is 10.3 Å². The van der Waals surface area contributed by atoms with E-state index in [1.807, 2.05) is 0 Å². The molecule has 7 heteroatoms. The fourth-order valence-corrected chi connectivity index (χ4v) is 2.71. The van der Waals surface area contributed by atoms with Crippen molar-refractivity contribution in [2.75, 3.05) is 18.4 Å². The zero-order valence-corrected chi connectivity index (χ0v) is 12.9. The molecule has 0 saturated carbocycles. The molecule has 2 aromatic rings. The molecular formula is C17H17FN4O2. The first-order valence-electron chi connectivity index (χ1n) is 7.61. The number of rotatable bonds is 4. The number of pyridine rings is 1. The van der Waals surface area contributed by atoms with Crippen LogP contribution in [0.2, 0.25) is 0 Å². The van der Waals surface area contributed by atoms with Gasteiger partial charge >= 0.3 is 0 Å². The first-order chi connectivity index (χ1) is 11.6. The molecule has 0 radical (unpaired) electrons. The summed E-state index contributed by atoms with van der Waals surface area (Å²) in [7, 11) is 0.